The van der Waals surface area contributed by atoms with E-state index in [2.05, 4.69) is 9.97 Å². The minimum absolute atomic E-state index is 0.0157. The Balaban J connectivity index is 2.42. The van der Waals surface area contributed by atoms with Crippen LogP contribution in [0.25, 0.3) is 0 Å². The van der Waals surface area contributed by atoms with E-state index < -0.39 is 5.41 Å². The number of esters is 1. The molecule has 0 saturated carbocycles. The quantitative estimate of drug-likeness (QED) is 0.763. The number of carbonyl (C=O) groups is 2. The normalized spacial score (nSPS) is 24.0. The Morgan fingerprint density at radius 1 is 1.69 bits per heavy atom. The molecule has 0 fully saturated rings. The summed E-state index contributed by atoms with van der Waals surface area (Å²) < 4.78 is 5.05. The lowest BCUT2D eigenvalue weighted by atomic mass is 9.76. The largest absolute Gasteiger partial charge is 0.465 e. The van der Waals surface area contributed by atoms with Crippen LogP contribution in [-0.4, -0.2) is 28.3 Å². The molecule has 0 aliphatic heterocycles. The van der Waals surface area contributed by atoms with Gasteiger partial charge in [0.25, 0.3) is 0 Å². The van der Waals surface area contributed by atoms with Crippen LogP contribution in [0.4, 0.5) is 0 Å². The van der Waals surface area contributed by atoms with E-state index in [1.807, 2.05) is 0 Å². The molecule has 0 spiro atoms. The van der Waals surface area contributed by atoms with Crippen LogP contribution in [0.5, 0.6) is 0 Å². The van der Waals surface area contributed by atoms with Crippen LogP contribution in [-0.2, 0) is 14.9 Å². The number of aromatic nitrogens is 2. The van der Waals surface area contributed by atoms with E-state index in [1.165, 1.54) is 6.33 Å². The van der Waals surface area contributed by atoms with Gasteiger partial charge in [-0.2, -0.15) is 0 Å². The van der Waals surface area contributed by atoms with E-state index in [4.69, 9.17) is 4.74 Å². The number of nitrogens with zero attached hydrogens (tertiary/aromatic N) is 1. The minimum atomic E-state index is -0.768. The summed E-state index contributed by atoms with van der Waals surface area (Å²) in [6.07, 6.45) is 2.26. The van der Waals surface area contributed by atoms with Gasteiger partial charge in [0.2, 0.25) is 0 Å². The Morgan fingerprint density at radius 3 is 3.12 bits per heavy atom. The highest BCUT2D eigenvalue weighted by Gasteiger charge is 2.44. The van der Waals surface area contributed by atoms with E-state index in [1.54, 1.807) is 13.8 Å². The van der Waals surface area contributed by atoms with Gasteiger partial charge in [-0.05, 0) is 20.3 Å². The van der Waals surface area contributed by atoms with E-state index in [0.717, 1.165) is 0 Å². The number of nitrogens with one attached hydrogen (secondary N) is 1. The smallest absolute Gasteiger partial charge is 0.317 e. The zero-order chi connectivity index (χ0) is 11.8. The molecule has 1 N–H and O–H groups in total. The maximum Gasteiger partial charge on any atom is 0.317 e. The maximum absolute atomic E-state index is 11.9. The number of Topliss-reactive ketones (excluding diaryl/α,β-unsaturated/α-hetero) is 1. The van der Waals surface area contributed by atoms with Crippen molar-refractivity contribution >= 4 is 11.8 Å². The number of H-pyrrole nitrogens is 1. The molecule has 0 amide bonds. The van der Waals surface area contributed by atoms with Gasteiger partial charge in [-0.3, -0.25) is 9.59 Å². The molecule has 0 aromatic carbocycles. The molecule has 5 nitrogen and oxygen atoms in total. The molecule has 1 unspecified atom stereocenters. The molecular formula is C11H14N2O3. The lowest BCUT2D eigenvalue weighted by molar-refractivity contribution is -0.150. The maximum atomic E-state index is 11.9. The Bertz CT molecular complexity index is 438. The number of ketones is 1. The zero-order valence-electron chi connectivity index (χ0n) is 9.37. The second-order valence-electron chi connectivity index (χ2n) is 4.10. The SMILES string of the molecule is CCOC(=O)C1(C)CCC(=O)c2nc[nH]c21. The standard InChI is InChI=1S/C11H14N2O3/c1-3-16-10(15)11(2)5-4-7(14)8-9(11)13-6-12-8/h6H,3-5H2,1-2H3,(H,12,13). The second kappa shape index (κ2) is 3.73. The summed E-state index contributed by atoms with van der Waals surface area (Å²) in [6.45, 7) is 3.89. The summed E-state index contributed by atoms with van der Waals surface area (Å²) in [5.74, 6) is -0.314. The van der Waals surface area contributed by atoms with E-state index >= 15 is 0 Å². The van der Waals surface area contributed by atoms with Crippen molar-refractivity contribution in [3.63, 3.8) is 0 Å². The highest BCUT2D eigenvalue weighted by Crippen LogP contribution is 2.36. The summed E-state index contributed by atoms with van der Waals surface area (Å²) >= 11 is 0. The number of rotatable bonds is 2. The molecule has 86 valence electrons. The third-order valence-electron chi connectivity index (χ3n) is 3.03. The Hall–Kier alpha value is -1.65. The van der Waals surface area contributed by atoms with Gasteiger partial charge in [0, 0.05) is 6.42 Å². The third kappa shape index (κ3) is 1.43. The predicted molar refractivity (Wildman–Crippen MR) is 56.1 cm³/mol. The first-order valence-electron chi connectivity index (χ1n) is 5.34. The number of carbonyl (C=O) groups excluding carboxylic acids is 2. The van der Waals surface area contributed by atoms with Crippen molar-refractivity contribution in [1.82, 2.24) is 9.97 Å². The van der Waals surface area contributed by atoms with Crippen molar-refractivity contribution < 1.29 is 14.3 Å². The van der Waals surface area contributed by atoms with Crippen LogP contribution in [0.2, 0.25) is 0 Å². The Labute approximate surface area is 93.2 Å². The fourth-order valence-corrected chi connectivity index (χ4v) is 2.03. The van der Waals surface area contributed by atoms with Gasteiger partial charge >= 0.3 is 5.97 Å². The van der Waals surface area contributed by atoms with Crippen molar-refractivity contribution in [2.75, 3.05) is 6.61 Å². The van der Waals surface area contributed by atoms with E-state index in [0.29, 0.717) is 30.8 Å². The molecule has 1 aliphatic carbocycles. The Morgan fingerprint density at radius 2 is 2.44 bits per heavy atom. The van der Waals surface area contributed by atoms with Gasteiger partial charge in [0.05, 0.1) is 18.6 Å². The summed E-state index contributed by atoms with van der Waals surface area (Å²) in [6, 6.07) is 0. The molecule has 1 aliphatic rings. The van der Waals surface area contributed by atoms with E-state index in [-0.39, 0.29) is 11.8 Å². The molecule has 1 atom stereocenters. The van der Waals surface area contributed by atoms with E-state index in [9.17, 15) is 9.59 Å². The monoisotopic (exact) mass is 222 g/mol. The van der Waals surface area contributed by atoms with Gasteiger partial charge < -0.3 is 9.72 Å². The Kier molecular flexibility index (Phi) is 2.53. The summed E-state index contributed by atoms with van der Waals surface area (Å²) in [4.78, 5) is 30.3. The van der Waals surface area contributed by atoms with Crippen molar-refractivity contribution in [2.45, 2.75) is 32.1 Å². The first-order chi connectivity index (χ1) is 7.59. The molecule has 0 saturated heterocycles. The number of aromatic amines is 1. The molecule has 1 aromatic heterocycles. The van der Waals surface area contributed by atoms with Gasteiger partial charge in [0.1, 0.15) is 11.1 Å². The molecule has 0 bridgehead atoms. The fraction of sp³-hybridized carbons (Fsp3) is 0.545. The summed E-state index contributed by atoms with van der Waals surface area (Å²) in [5.41, 5.74) is 0.194. The molecule has 1 heterocycles. The molecule has 2 rings (SSSR count). The fourth-order valence-electron chi connectivity index (χ4n) is 2.03. The van der Waals surface area contributed by atoms with Crippen molar-refractivity contribution in [1.29, 1.82) is 0 Å². The second-order valence-corrected chi connectivity index (χ2v) is 4.10. The van der Waals surface area contributed by atoms with Crippen LogP contribution >= 0.6 is 0 Å². The van der Waals surface area contributed by atoms with Gasteiger partial charge in [-0.25, -0.2) is 4.98 Å². The molecular weight excluding hydrogens is 208 g/mol. The van der Waals surface area contributed by atoms with Crippen molar-refractivity contribution in [3.8, 4) is 0 Å². The third-order valence-corrected chi connectivity index (χ3v) is 3.03. The number of fused-ring (bicyclic) bond motifs is 1. The average Bonchev–Trinajstić information content (AvgIpc) is 2.74. The first-order valence-corrected chi connectivity index (χ1v) is 5.34. The predicted octanol–water partition coefficient (Wildman–Crippen LogP) is 1.21. The lowest BCUT2D eigenvalue weighted by Crippen LogP contribution is -2.39. The van der Waals surface area contributed by atoms with Gasteiger partial charge in [0.15, 0.2) is 5.78 Å². The number of hydrogen-bond donors (Lipinski definition) is 1. The lowest BCUT2D eigenvalue weighted by Gasteiger charge is -2.29. The van der Waals surface area contributed by atoms with Crippen LogP contribution < -0.4 is 0 Å². The number of ether oxygens (including phenoxy) is 1. The van der Waals surface area contributed by atoms with Crippen LogP contribution in [0.3, 0.4) is 0 Å². The highest BCUT2D eigenvalue weighted by molar-refractivity contribution is 6.00. The van der Waals surface area contributed by atoms with Crippen LogP contribution in [0.15, 0.2) is 6.33 Å². The average molecular weight is 222 g/mol. The van der Waals surface area contributed by atoms with Crippen LogP contribution in [0.1, 0.15) is 42.9 Å². The minimum Gasteiger partial charge on any atom is -0.465 e. The van der Waals surface area contributed by atoms with Crippen molar-refractivity contribution in [3.05, 3.63) is 17.7 Å². The number of imidazole rings is 1. The van der Waals surface area contributed by atoms with Crippen LogP contribution in [0, 0.1) is 0 Å². The van der Waals surface area contributed by atoms with Gasteiger partial charge in [-0.1, -0.05) is 0 Å². The first kappa shape index (κ1) is 10.9. The topological polar surface area (TPSA) is 72.1 Å². The molecule has 5 heteroatoms. The number of hydrogen-bond acceptors (Lipinski definition) is 4. The highest BCUT2D eigenvalue weighted by atomic mass is 16.5. The molecule has 0 radical (unpaired) electrons. The van der Waals surface area contributed by atoms with Gasteiger partial charge in [-0.15, -0.1) is 0 Å². The van der Waals surface area contributed by atoms with Crippen molar-refractivity contribution in [2.24, 2.45) is 0 Å². The summed E-state index contributed by atoms with van der Waals surface area (Å²) in [5, 5.41) is 0. The zero-order valence-corrected chi connectivity index (χ0v) is 9.37. The molecule has 1 aromatic rings. The summed E-state index contributed by atoms with van der Waals surface area (Å²) in [7, 11) is 0. The molecule has 16 heavy (non-hydrogen) atoms.